The Bertz CT molecular complexity index is 1690. The lowest BCUT2D eigenvalue weighted by atomic mass is 9.94. The number of halogens is 1. The van der Waals surface area contributed by atoms with E-state index in [-0.39, 0.29) is 31.3 Å². The second-order valence-corrected chi connectivity index (χ2v) is 10.9. The molecule has 3 N–H and O–H groups in total. The van der Waals surface area contributed by atoms with Gasteiger partial charge in [-0.05, 0) is 60.9 Å². The number of carbonyl (C=O) groups is 2. The summed E-state index contributed by atoms with van der Waals surface area (Å²) in [4.78, 5) is 25.7. The van der Waals surface area contributed by atoms with E-state index in [4.69, 9.17) is 5.26 Å². The van der Waals surface area contributed by atoms with Gasteiger partial charge in [-0.2, -0.15) is 5.26 Å². The second-order valence-electron chi connectivity index (χ2n) is 10.9. The summed E-state index contributed by atoms with van der Waals surface area (Å²) in [5.41, 5.74) is 5.04. The molecule has 0 saturated carbocycles. The molecule has 4 aromatic rings. The van der Waals surface area contributed by atoms with Crippen LogP contribution in [0, 0.1) is 17.1 Å². The summed E-state index contributed by atoms with van der Waals surface area (Å²) in [5, 5.41) is 33.2. The summed E-state index contributed by atoms with van der Waals surface area (Å²) in [6.45, 7) is 4.10. The number of nitrogens with one attached hydrogen (secondary N) is 1. The highest BCUT2D eigenvalue weighted by Gasteiger charge is 2.29. The number of rotatable bonds is 12. The number of ether oxygens (including phenoxy) is 1. The number of carbonyl (C=O) groups excluding carboxylic acids is 2. The van der Waals surface area contributed by atoms with E-state index in [1.807, 2.05) is 48.7 Å². The first kappa shape index (κ1) is 32.9. The molecule has 2 atom stereocenters. The largest absolute Gasteiger partial charge is 0.469 e. The van der Waals surface area contributed by atoms with Gasteiger partial charge >= 0.3 is 5.97 Å². The third kappa shape index (κ3) is 8.12. The number of benzene rings is 3. The van der Waals surface area contributed by atoms with Gasteiger partial charge < -0.3 is 24.8 Å². The van der Waals surface area contributed by atoms with Gasteiger partial charge in [-0.25, -0.2) is 4.39 Å². The maximum atomic E-state index is 14.1. The minimum absolute atomic E-state index is 0.108. The molecule has 0 aliphatic heterocycles. The summed E-state index contributed by atoms with van der Waals surface area (Å²) in [6, 6.07) is 24.2. The molecule has 0 radical (unpaired) electrons. The van der Waals surface area contributed by atoms with Crippen molar-refractivity contribution in [1.29, 1.82) is 5.26 Å². The van der Waals surface area contributed by atoms with E-state index in [0.29, 0.717) is 33.6 Å². The minimum Gasteiger partial charge on any atom is -0.469 e. The lowest BCUT2D eigenvalue weighted by Crippen LogP contribution is -2.27. The summed E-state index contributed by atoms with van der Waals surface area (Å²) in [7, 11) is 1.23. The highest BCUT2D eigenvalue weighted by atomic mass is 19.1. The van der Waals surface area contributed by atoms with Gasteiger partial charge in [0, 0.05) is 35.8 Å². The number of aliphatic hydroxyl groups excluding tert-OH is 2. The van der Waals surface area contributed by atoms with Crippen LogP contribution in [-0.4, -0.2) is 46.0 Å². The highest BCUT2D eigenvalue weighted by Crippen LogP contribution is 2.42. The smallest absolute Gasteiger partial charge is 0.308 e. The zero-order valence-electron chi connectivity index (χ0n) is 25.4. The lowest BCUT2D eigenvalue weighted by Gasteiger charge is -2.17. The zero-order valence-corrected chi connectivity index (χ0v) is 25.4. The van der Waals surface area contributed by atoms with Gasteiger partial charge in [0.1, 0.15) is 11.5 Å². The van der Waals surface area contributed by atoms with Gasteiger partial charge in [0.25, 0.3) is 5.91 Å². The van der Waals surface area contributed by atoms with E-state index in [1.165, 1.54) is 25.3 Å². The van der Waals surface area contributed by atoms with Crippen molar-refractivity contribution >= 4 is 18.0 Å². The Balaban J connectivity index is 1.87. The predicted octanol–water partition coefficient (Wildman–Crippen LogP) is 6.03. The SMILES string of the molecule is COC(=O)C[C@H](O)C[C@H](O)/C=C/c1c(-c2ccc(F)cc2)c(-c2ccccc2)c(C(=O)NCc2ccc(C#N)cc2)n1C(C)C. The molecular formula is C36H36FN3O5. The number of hydrogen-bond acceptors (Lipinski definition) is 6. The zero-order chi connectivity index (χ0) is 32.5. The number of esters is 1. The number of nitriles is 1. The number of aliphatic hydroxyl groups is 2. The van der Waals surface area contributed by atoms with E-state index >= 15 is 0 Å². The quantitative estimate of drug-likeness (QED) is 0.169. The van der Waals surface area contributed by atoms with Crippen LogP contribution in [0.3, 0.4) is 0 Å². The molecule has 45 heavy (non-hydrogen) atoms. The molecule has 3 aromatic carbocycles. The average molecular weight is 610 g/mol. The van der Waals surface area contributed by atoms with Gasteiger partial charge in [0.15, 0.2) is 0 Å². The van der Waals surface area contributed by atoms with E-state index in [1.54, 1.807) is 42.5 Å². The van der Waals surface area contributed by atoms with Crippen molar-refractivity contribution in [3.05, 3.63) is 113 Å². The highest BCUT2D eigenvalue weighted by molar-refractivity contribution is 6.06. The number of aromatic nitrogens is 1. The van der Waals surface area contributed by atoms with Gasteiger partial charge in [-0.15, -0.1) is 0 Å². The van der Waals surface area contributed by atoms with Crippen LogP contribution in [-0.2, 0) is 16.1 Å². The predicted molar refractivity (Wildman–Crippen MR) is 170 cm³/mol. The van der Waals surface area contributed by atoms with E-state index in [9.17, 15) is 24.2 Å². The van der Waals surface area contributed by atoms with Crippen LogP contribution in [0.25, 0.3) is 28.3 Å². The van der Waals surface area contributed by atoms with Crippen molar-refractivity contribution in [2.75, 3.05) is 7.11 Å². The Hall–Kier alpha value is -5.04. The average Bonchev–Trinajstić information content (AvgIpc) is 3.39. The molecule has 232 valence electrons. The number of methoxy groups -OCH3 is 1. The van der Waals surface area contributed by atoms with Crippen LogP contribution in [0.1, 0.15) is 60.0 Å². The van der Waals surface area contributed by atoms with Crippen LogP contribution >= 0.6 is 0 Å². The van der Waals surface area contributed by atoms with E-state index in [0.717, 1.165) is 11.1 Å². The fraction of sp³-hybridized carbons (Fsp3) is 0.250. The summed E-state index contributed by atoms with van der Waals surface area (Å²) in [5.74, 6) is -1.34. The lowest BCUT2D eigenvalue weighted by molar-refractivity contribution is -0.143. The van der Waals surface area contributed by atoms with Crippen molar-refractivity contribution in [3.63, 3.8) is 0 Å². The molecule has 1 amide bonds. The van der Waals surface area contributed by atoms with Crippen molar-refractivity contribution in [3.8, 4) is 28.3 Å². The fourth-order valence-electron chi connectivity index (χ4n) is 5.21. The van der Waals surface area contributed by atoms with Gasteiger partial charge in [-0.3, -0.25) is 9.59 Å². The first-order chi connectivity index (χ1) is 21.6. The van der Waals surface area contributed by atoms with Crippen molar-refractivity contribution in [2.24, 2.45) is 0 Å². The van der Waals surface area contributed by atoms with Gasteiger partial charge in [0.05, 0.1) is 37.4 Å². The molecule has 0 aliphatic rings. The van der Waals surface area contributed by atoms with Crippen LogP contribution in [0.2, 0.25) is 0 Å². The normalized spacial score (nSPS) is 12.6. The van der Waals surface area contributed by atoms with Crippen LogP contribution < -0.4 is 5.32 Å². The molecule has 4 rings (SSSR count). The Kier molecular flexibility index (Phi) is 11.0. The second kappa shape index (κ2) is 15.1. The third-order valence-electron chi connectivity index (χ3n) is 7.33. The van der Waals surface area contributed by atoms with Crippen molar-refractivity contribution < 1.29 is 28.9 Å². The number of hydrogen-bond donors (Lipinski definition) is 3. The molecular weight excluding hydrogens is 573 g/mol. The van der Waals surface area contributed by atoms with Crippen LogP contribution in [0.4, 0.5) is 4.39 Å². The van der Waals surface area contributed by atoms with E-state index in [2.05, 4.69) is 16.1 Å². The Labute approximate surface area is 262 Å². The number of nitrogens with zero attached hydrogens (tertiary/aromatic N) is 2. The summed E-state index contributed by atoms with van der Waals surface area (Å²) >= 11 is 0. The molecule has 9 heteroatoms. The van der Waals surface area contributed by atoms with Crippen molar-refractivity contribution in [1.82, 2.24) is 9.88 Å². The first-order valence-corrected chi connectivity index (χ1v) is 14.6. The summed E-state index contributed by atoms with van der Waals surface area (Å²) in [6.07, 6.45) is 0.604. The molecule has 0 saturated heterocycles. The molecule has 0 spiro atoms. The topological polar surface area (TPSA) is 125 Å². The van der Waals surface area contributed by atoms with Crippen LogP contribution in [0.15, 0.2) is 84.9 Å². The molecule has 0 bridgehead atoms. The minimum atomic E-state index is -1.12. The van der Waals surface area contributed by atoms with Crippen LogP contribution in [0.5, 0.6) is 0 Å². The third-order valence-corrected chi connectivity index (χ3v) is 7.33. The van der Waals surface area contributed by atoms with Gasteiger partial charge in [-0.1, -0.05) is 60.7 Å². The maximum absolute atomic E-state index is 14.1. The fourth-order valence-corrected chi connectivity index (χ4v) is 5.21. The monoisotopic (exact) mass is 609 g/mol. The molecule has 8 nitrogen and oxygen atoms in total. The molecule has 0 fully saturated rings. The standard InChI is InChI=1S/C36H36FN3O5/c1-23(2)40-31(18-17-29(41)19-30(42)20-32(43)45-3)33(27-13-15-28(37)16-14-27)34(26-7-5-4-6-8-26)35(40)36(44)39-22-25-11-9-24(21-38)10-12-25/h4-18,23,29-30,41-42H,19-20,22H2,1-3H3,(H,39,44)/b18-17+/t29-,30-/m1/s1. The first-order valence-electron chi connectivity index (χ1n) is 14.6. The van der Waals surface area contributed by atoms with E-state index < -0.39 is 24.0 Å². The Morgan fingerprint density at radius 3 is 2.22 bits per heavy atom. The number of amides is 1. The van der Waals surface area contributed by atoms with Crippen molar-refractivity contribution in [2.45, 2.75) is 51.5 Å². The van der Waals surface area contributed by atoms with Gasteiger partial charge in [0.2, 0.25) is 0 Å². The molecule has 0 unspecified atom stereocenters. The molecule has 0 aliphatic carbocycles. The Morgan fingerprint density at radius 2 is 1.62 bits per heavy atom. The molecule has 1 heterocycles. The molecule has 1 aromatic heterocycles. The summed E-state index contributed by atoms with van der Waals surface area (Å²) < 4.78 is 20.6. The Morgan fingerprint density at radius 1 is 0.978 bits per heavy atom. The maximum Gasteiger partial charge on any atom is 0.308 e.